The first kappa shape index (κ1) is 110. The number of pyridine rings is 8. The van der Waals surface area contributed by atoms with Gasteiger partial charge in [-0.05, 0) is 186 Å². The summed E-state index contributed by atoms with van der Waals surface area (Å²) in [5.74, 6) is 0. The second-order valence-corrected chi connectivity index (χ2v) is 41.5. The van der Waals surface area contributed by atoms with Crippen LogP contribution in [0.1, 0.15) is 165 Å². The van der Waals surface area contributed by atoms with Gasteiger partial charge in [0.25, 0.3) is 0 Å². The van der Waals surface area contributed by atoms with E-state index in [-0.39, 0.29) is 117 Å². The first-order valence-corrected chi connectivity index (χ1v) is 49.7. The van der Waals surface area contributed by atoms with Gasteiger partial charge >= 0.3 is 84.3 Å². The molecule has 21 aromatic rings. The van der Waals surface area contributed by atoms with Crippen LogP contribution in [0.5, 0.6) is 0 Å². The van der Waals surface area contributed by atoms with Crippen molar-refractivity contribution >= 4 is 31.5 Å². The molecule has 0 aliphatic heterocycles. The fraction of sp³-hybridized carbons (Fsp3) is 0.164. The first-order chi connectivity index (χ1) is 69.0. The second kappa shape index (κ2) is 47.8. The van der Waals surface area contributed by atoms with Crippen molar-refractivity contribution in [3.63, 3.8) is 0 Å². The number of nitrogens with zero attached hydrogens (tertiary/aromatic N) is 8. The van der Waals surface area contributed by atoms with Crippen LogP contribution >= 0.6 is 11.3 Å². The van der Waals surface area contributed by atoms with E-state index < -0.39 is 0 Å². The van der Waals surface area contributed by atoms with Gasteiger partial charge in [-0.2, -0.15) is 0 Å². The van der Waals surface area contributed by atoms with Gasteiger partial charge < -0.3 is 39.9 Å². The van der Waals surface area contributed by atoms with E-state index in [2.05, 4.69) is 438 Å². The van der Waals surface area contributed by atoms with Gasteiger partial charge in [-0.1, -0.05) is 262 Å². The summed E-state index contributed by atoms with van der Waals surface area (Å²) in [5.41, 5.74) is 33.8. The minimum absolute atomic E-state index is 0. The molecule has 0 fully saturated rings. The molecule has 0 unspecified atom stereocenters. The molecule has 9 heterocycles. The van der Waals surface area contributed by atoms with E-state index in [0.717, 1.165) is 158 Å². The molecule has 9 aromatic heterocycles. The van der Waals surface area contributed by atoms with Crippen LogP contribution in [0.2, 0.25) is 0 Å². The number of thiophene rings is 1. The van der Waals surface area contributed by atoms with Crippen molar-refractivity contribution in [3.8, 4) is 123 Å². The van der Waals surface area contributed by atoms with Crippen LogP contribution in [0, 0.1) is 62.4 Å². The molecule has 13 heteroatoms. The largest absolute Gasteiger partial charge is 2.00 e. The third kappa shape index (κ3) is 25.3. The molecule has 0 amide bonds. The molecule has 0 N–H and O–H groups in total. The minimum Gasteiger partial charge on any atom is -0.300 e. The van der Waals surface area contributed by atoms with Crippen LogP contribution < -0.4 is 0 Å². The smallest absolute Gasteiger partial charge is 0.300 e. The molecule has 12 aromatic carbocycles. The first-order valence-electron chi connectivity index (χ1n) is 48.8. The van der Waals surface area contributed by atoms with Gasteiger partial charge in [-0.15, -0.1) is 279 Å². The topological polar surface area (TPSA) is 103 Å². The quantitative estimate of drug-likeness (QED) is 0.0738. The van der Waals surface area contributed by atoms with E-state index in [0.29, 0.717) is 0 Å². The standard InChI is InChI=1S/C37H26N2S.C37H28N2.C33H36N2.C27H24N2.4Pt/c1-37(2,34-22-10-19-31(38-34)25-12-4-3-5-13-25)35-23-11-20-32(39-35)27-15-8-14-26(24-27)28-17-9-18-30-29-16-6-7-21-33(29)40-36(28)30;1-37(2,35-17-9-15-33(38-35)31-23-19-29(20-24-31)27-11-5-3-6-12-27)36-18-10-16-34(39-36)32-25-21-30(22-26-32)28-13-7-4-8-14-28;1-31(2,3)25-15-9-13-23(21-25)27-17-11-19-29(34-27)33(7,8)30-20-12-18-28(35-30)24-14-10-16-26(22-24)32(4,5)6;1-19-15-17-23(28-25(19)21-11-7-5-8-12-21)27(3,4)24-18-16-20(2)26(29-24)22-13-9-6-10-14-22;;;;/h3-12,14,16-24H,1-2H3;3-23,25H,1-2H3;9-12,15-22H,1-8H3;5-11,13,15-18H,1-4H3;;;;/q4*-2;4*+2. The van der Waals surface area contributed by atoms with E-state index in [1.54, 1.807) is 0 Å². The number of benzene rings is 12. The maximum absolute atomic E-state index is 5.15. The van der Waals surface area contributed by atoms with E-state index in [4.69, 9.17) is 39.9 Å². The Bertz CT molecular complexity index is 7720. The van der Waals surface area contributed by atoms with E-state index in [1.165, 1.54) is 53.6 Å². The summed E-state index contributed by atoms with van der Waals surface area (Å²) in [6.45, 7) is 35.0. The number of aryl methyl sites for hydroxylation is 2. The Morgan fingerprint density at radius 1 is 0.211 bits per heavy atom. The molecule has 0 aliphatic carbocycles. The van der Waals surface area contributed by atoms with Crippen molar-refractivity contribution in [1.29, 1.82) is 0 Å². The Morgan fingerprint density at radius 2 is 0.517 bits per heavy atom. The van der Waals surface area contributed by atoms with Crippen LogP contribution in [0.3, 0.4) is 0 Å². The Kier molecular flexibility index (Phi) is 35.6. The van der Waals surface area contributed by atoms with Crippen LogP contribution in [0.25, 0.3) is 144 Å². The molecule has 21 rings (SSSR count). The number of fused-ring (bicyclic) bond motifs is 3. The molecular weight excluding hydrogens is 2530 g/mol. The molecule has 0 saturated heterocycles. The van der Waals surface area contributed by atoms with Gasteiger partial charge in [0, 0.05) is 87.4 Å². The number of aromatic nitrogens is 8. The maximum Gasteiger partial charge on any atom is 2.00 e. The van der Waals surface area contributed by atoms with E-state index in [9.17, 15) is 0 Å². The summed E-state index contributed by atoms with van der Waals surface area (Å²) in [5, 5.41) is 2.61. The van der Waals surface area contributed by atoms with Crippen LogP contribution in [0.4, 0.5) is 0 Å². The van der Waals surface area contributed by atoms with Gasteiger partial charge in [0.1, 0.15) is 0 Å². The maximum atomic E-state index is 5.15. The third-order valence-electron chi connectivity index (χ3n) is 26.8. The number of hydrogen-bond donors (Lipinski definition) is 0. The normalized spacial score (nSPS) is 11.5. The molecular formula is C134H114N8Pt4S. The van der Waals surface area contributed by atoms with Crippen molar-refractivity contribution in [3.05, 3.63) is 517 Å². The van der Waals surface area contributed by atoms with Crippen molar-refractivity contribution in [2.45, 2.75) is 143 Å². The predicted octanol–water partition coefficient (Wildman–Crippen LogP) is 33.5. The average molecular weight is 2650 g/mol. The van der Waals surface area contributed by atoms with Gasteiger partial charge in [0.15, 0.2) is 0 Å². The molecule has 0 spiro atoms. The van der Waals surface area contributed by atoms with Crippen molar-refractivity contribution < 1.29 is 84.3 Å². The minimum atomic E-state index is -0.389. The number of rotatable bonds is 19. The molecule has 0 bridgehead atoms. The van der Waals surface area contributed by atoms with E-state index in [1.807, 2.05) is 133 Å². The second-order valence-electron chi connectivity index (χ2n) is 40.5. The van der Waals surface area contributed by atoms with Crippen molar-refractivity contribution in [2.75, 3.05) is 0 Å². The van der Waals surface area contributed by atoms with Crippen LogP contribution in [-0.4, -0.2) is 39.9 Å². The Labute approximate surface area is 930 Å². The molecule has 0 aliphatic rings. The monoisotopic (exact) mass is 2650 g/mol. The molecule has 147 heavy (non-hydrogen) atoms. The Hall–Kier alpha value is -13.2. The summed E-state index contributed by atoms with van der Waals surface area (Å²) in [4.78, 5) is 40.5. The molecule has 736 valence electrons. The van der Waals surface area contributed by atoms with Gasteiger partial charge in [-0.3, -0.25) is 0 Å². The van der Waals surface area contributed by atoms with E-state index >= 15 is 0 Å². The predicted molar refractivity (Wildman–Crippen MR) is 593 cm³/mol. The summed E-state index contributed by atoms with van der Waals surface area (Å²) >= 11 is 1.85. The number of hydrogen-bond acceptors (Lipinski definition) is 9. The van der Waals surface area contributed by atoms with Crippen molar-refractivity contribution in [2.24, 2.45) is 0 Å². The van der Waals surface area contributed by atoms with Crippen LogP contribution in [-0.2, 0) is 117 Å². The zero-order chi connectivity index (χ0) is 99.6. The van der Waals surface area contributed by atoms with Crippen LogP contribution in [0.15, 0.2) is 400 Å². The summed E-state index contributed by atoms with van der Waals surface area (Å²) in [6, 6.07) is 164. The summed E-state index contributed by atoms with van der Waals surface area (Å²) < 4.78 is 2.62. The summed E-state index contributed by atoms with van der Waals surface area (Å²) in [6.07, 6.45) is 0. The fourth-order valence-corrected chi connectivity index (χ4v) is 19.0. The third-order valence-corrected chi connectivity index (χ3v) is 28.0. The zero-order valence-corrected chi connectivity index (χ0v) is 95.3. The zero-order valence-electron chi connectivity index (χ0n) is 85.4. The molecule has 0 saturated carbocycles. The average Bonchev–Trinajstić information content (AvgIpc) is 1.61. The van der Waals surface area contributed by atoms with Gasteiger partial charge in [0.2, 0.25) is 0 Å². The SMILES string of the molecule is CC(C)(C)c1cc[c-]c(-c2cccc(C(C)(C)c3cccc(-c4[c-]ccc(C(C)(C)C)c4)n3)n2)c1.CC(C)(c1cccc(-c2[c-]cc(-c3ccccc3)cc2)n1)c1cccc(-c2[c-]cc(-c3ccccc3)cc2)n1.CC(C)(c1cccc(-c2[c-]cccc2)n1)c1cccc(-c2[c-]ccc(-c3cccc4c3sc3ccccc34)c2)n1.Cc1ccc(C(C)(C)c2ccc(C)c(-c3[c-]cccc3)n2)nc1-c1[c-]cccc1.[Pt+2].[Pt+2].[Pt+2].[Pt+2]. The van der Waals surface area contributed by atoms with Gasteiger partial charge in [0.05, 0.1) is 0 Å². The molecule has 0 atom stereocenters. The molecule has 0 radical (unpaired) electrons. The van der Waals surface area contributed by atoms with Gasteiger partial charge in [-0.25, -0.2) is 0 Å². The Morgan fingerprint density at radius 3 is 0.871 bits per heavy atom. The fourth-order valence-electron chi connectivity index (χ4n) is 17.8. The van der Waals surface area contributed by atoms with Crippen molar-refractivity contribution in [1.82, 2.24) is 39.9 Å². The Balaban J connectivity index is 0.000000154. The summed E-state index contributed by atoms with van der Waals surface area (Å²) in [7, 11) is 0. The molecule has 8 nitrogen and oxygen atoms in total.